The van der Waals surface area contributed by atoms with E-state index in [1.165, 1.54) is 6.07 Å². The summed E-state index contributed by atoms with van der Waals surface area (Å²) in [5.74, 6) is 1.07. The Morgan fingerprint density at radius 1 is 1.09 bits per heavy atom. The fourth-order valence-electron chi connectivity index (χ4n) is 5.88. The number of nitrogens with zero attached hydrogens (tertiary/aromatic N) is 5. The molecule has 4 aromatic rings. The van der Waals surface area contributed by atoms with Crippen LogP contribution in [0.5, 0.6) is 11.5 Å². The topological polar surface area (TPSA) is 89.6 Å². The molecule has 226 valence electrons. The van der Waals surface area contributed by atoms with Gasteiger partial charge < -0.3 is 24.8 Å². The maximum absolute atomic E-state index is 14.1. The van der Waals surface area contributed by atoms with E-state index in [9.17, 15) is 18.0 Å². The van der Waals surface area contributed by atoms with Crippen LogP contribution in [-0.2, 0) is 19.3 Å². The highest BCUT2D eigenvalue weighted by molar-refractivity contribution is 5.89. The minimum Gasteiger partial charge on any atom is -0.455 e. The highest BCUT2D eigenvalue weighted by Gasteiger charge is 2.35. The van der Waals surface area contributed by atoms with E-state index in [2.05, 4.69) is 32.1 Å². The van der Waals surface area contributed by atoms with Crippen LogP contribution in [0.4, 0.5) is 23.7 Å². The highest BCUT2D eigenvalue weighted by atomic mass is 19.4. The van der Waals surface area contributed by atoms with Gasteiger partial charge >= 0.3 is 12.2 Å². The fraction of sp³-hybridized carbons (Fsp3) is 0.387. The fourth-order valence-corrected chi connectivity index (χ4v) is 5.88. The number of H-pyrrole nitrogens is 1. The molecule has 0 spiro atoms. The molecule has 0 aliphatic carbocycles. The lowest BCUT2D eigenvalue weighted by Crippen LogP contribution is -2.45. The molecule has 2 N–H and O–H groups in total. The van der Waals surface area contributed by atoms with Gasteiger partial charge in [-0.05, 0) is 48.0 Å². The SMILES string of the molecule is CCN1CCN(Cc2ccc(NC(=O)N3Cc4cc(Oc5ccnc6[nH]ccc56)cnc4[C@@H](C)C3)cc2C(F)(F)F)CC1. The lowest BCUT2D eigenvalue weighted by molar-refractivity contribution is -0.138. The number of benzene rings is 1. The van der Waals surface area contributed by atoms with Gasteiger partial charge in [0.1, 0.15) is 17.1 Å². The van der Waals surface area contributed by atoms with Gasteiger partial charge in [-0.2, -0.15) is 13.2 Å². The number of hydrogen-bond acceptors (Lipinski definition) is 6. The van der Waals surface area contributed by atoms with E-state index >= 15 is 0 Å². The maximum atomic E-state index is 14.1. The van der Waals surface area contributed by atoms with E-state index < -0.39 is 17.8 Å². The van der Waals surface area contributed by atoms with Crippen LogP contribution in [0.2, 0.25) is 0 Å². The van der Waals surface area contributed by atoms with E-state index in [0.717, 1.165) is 55.4 Å². The summed E-state index contributed by atoms with van der Waals surface area (Å²) in [5.41, 5.74) is 1.98. The monoisotopic (exact) mass is 593 g/mol. The number of urea groups is 1. The van der Waals surface area contributed by atoms with Crippen molar-refractivity contribution in [2.45, 2.75) is 39.0 Å². The molecule has 12 heteroatoms. The Labute approximate surface area is 247 Å². The molecule has 1 atom stereocenters. The van der Waals surface area contributed by atoms with Crippen LogP contribution >= 0.6 is 0 Å². The Kier molecular flexibility index (Phi) is 7.97. The number of piperazine rings is 1. The molecule has 0 bridgehead atoms. The van der Waals surface area contributed by atoms with Crippen molar-refractivity contribution in [2.24, 2.45) is 0 Å². The number of pyridine rings is 2. The zero-order valence-electron chi connectivity index (χ0n) is 24.1. The minimum atomic E-state index is -4.54. The number of hydrogen-bond donors (Lipinski definition) is 2. The number of nitrogens with one attached hydrogen (secondary N) is 2. The van der Waals surface area contributed by atoms with Crippen LogP contribution < -0.4 is 10.1 Å². The number of likely N-dealkylation sites (N-methyl/N-ethyl adjacent to an activating group) is 1. The number of halogens is 3. The molecular weight excluding hydrogens is 559 g/mol. The summed E-state index contributed by atoms with van der Waals surface area (Å²) >= 11 is 0. The summed E-state index contributed by atoms with van der Waals surface area (Å²) in [7, 11) is 0. The van der Waals surface area contributed by atoms with Crippen molar-refractivity contribution < 1.29 is 22.7 Å². The quantitative estimate of drug-likeness (QED) is 0.283. The smallest absolute Gasteiger partial charge is 0.416 e. The molecule has 1 fully saturated rings. The number of amides is 2. The van der Waals surface area contributed by atoms with E-state index in [0.29, 0.717) is 23.7 Å². The molecule has 1 saturated heterocycles. The summed E-state index contributed by atoms with van der Waals surface area (Å²) in [6.45, 7) is 8.96. The Balaban J connectivity index is 1.16. The van der Waals surface area contributed by atoms with Crippen molar-refractivity contribution >= 4 is 22.8 Å². The van der Waals surface area contributed by atoms with E-state index in [1.54, 1.807) is 35.6 Å². The number of carbonyl (C=O) groups is 1. The number of fused-ring (bicyclic) bond motifs is 2. The van der Waals surface area contributed by atoms with Crippen LogP contribution in [0.3, 0.4) is 0 Å². The van der Waals surface area contributed by atoms with E-state index in [4.69, 9.17) is 4.74 Å². The Morgan fingerprint density at radius 3 is 2.65 bits per heavy atom. The third kappa shape index (κ3) is 6.30. The highest BCUT2D eigenvalue weighted by Crippen LogP contribution is 2.36. The number of alkyl halides is 3. The molecule has 3 aromatic heterocycles. The number of anilines is 1. The molecule has 1 aromatic carbocycles. The number of ether oxygens (including phenoxy) is 1. The molecule has 6 rings (SSSR count). The summed E-state index contributed by atoms with van der Waals surface area (Å²) in [6, 6.07) is 9.11. The van der Waals surface area contributed by atoms with E-state index in [-0.39, 0.29) is 30.3 Å². The molecular formula is C31H34F3N7O2. The first-order valence-corrected chi connectivity index (χ1v) is 14.5. The van der Waals surface area contributed by atoms with Gasteiger partial charge in [0.2, 0.25) is 0 Å². The average Bonchev–Trinajstić information content (AvgIpc) is 3.48. The van der Waals surface area contributed by atoms with Gasteiger partial charge in [0.25, 0.3) is 0 Å². The second kappa shape index (κ2) is 11.8. The number of aromatic nitrogens is 3. The summed E-state index contributed by atoms with van der Waals surface area (Å²) in [6.07, 6.45) is 0.558. The zero-order valence-corrected chi connectivity index (χ0v) is 24.1. The van der Waals surface area contributed by atoms with Gasteiger partial charge in [-0.25, -0.2) is 9.78 Å². The van der Waals surface area contributed by atoms with Crippen LogP contribution in [0.1, 0.15) is 42.1 Å². The lowest BCUT2D eigenvalue weighted by atomic mass is 9.96. The first-order chi connectivity index (χ1) is 20.7. The average molecular weight is 594 g/mol. The number of carbonyl (C=O) groups excluding carboxylic acids is 1. The zero-order chi connectivity index (χ0) is 30.1. The Morgan fingerprint density at radius 2 is 1.88 bits per heavy atom. The molecule has 0 radical (unpaired) electrons. The molecule has 0 saturated carbocycles. The van der Waals surface area contributed by atoms with Crippen molar-refractivity contribution in [1.29, 1.82) is 0 Å². The van der Waals surface area contributed by atoms with Crippen molar-refractivity contribution in [3.63, 3.8) is 0 Å². The van der Waals surface area contributed by atoms with Crippen molar-refractivity contribution in [3.05, 3.63) is 77.4 Å². The first-order valence-electron chi connectivity index (χ1n) is 14.5. The van der Waals surface area contributed by atoms with Gasteiger partial charge in [-0.3, -0.25) is 9.88 Å². The summed E-state index contributed by atoms with van der Waals surface area (Å²) in [5, 5.41) is 3.53. The number of rotatable bonds is 6. The van der Waals surface area contributed by atoms with Gasteiger partial charge in [0.15, 0.2) is 0 Å². The summed E-state index contributed by atoms with van der Waals surface area (Å²) < 4.78 is 48.4. The van der Waals surface area contributed by atoms with Crippen molar-refractivity contribution in [1.82, 2.24) is 29.7 Å². The molecule has 2 amide bonds. The van der Waals surface area contributed by atoms with Gasteiger partial charge in [-0.1, -0.05) is 19.9 Å². The lowest BCUT2D eigenvalue weighted by Gasteiger charge is -2.34. The molecule has 43 heavy (non-hydrogen) atoms. The number of aromatic amines is 1. The summed E-state index contributed by atoms with van der Waals surface area (Å²) in [4.78, 5) is 31.1. The third-order valence-electron chi connectivity index (χ3n) is 8.21. The predicted molar refractivity (Wildman–Crippen MR) is 157 cm³/mol. The maximum Gasteiger partial charge on any atom is 0.416 e. The van der Waals surface area contributed by atoms with Crippen molar-refractivity contribution in [3.8, 4) is 11.5 Å². The van der Waals surface area contributed by atoms with Crippen LogP contribution in [-0.4, -0.2) is 75.0 Å². The standard InChI is InChI=1S/C31H34F3N7O2/c1-3-39-10-12-40(13-11-39)18-21-4-5-23(15-26(21)31(32,33)34)38-30(42)41-17-20(2)28-22(19-41)14-24(16-37-28)43-27-7-9-36-29-25(27)6-8-35-29/h4-9,14-16,20H,3,10-13,17-19H2,1-2H3,(H,35,36)(H,38,42)/t20-/m0/s1. The van der Waals surface area contributed by atoms with E-state index in [1.807, 2.05) is 24.0 Å². The molecule has 2 aliphatic heterocycles. The second-order valence-corrected chi connectivity index (χ2v) is 11.2. The van der Waals surface area contributed by atoms with Gasteiger partial charge in [-0.15, -0.1) is 0 Å². The van der Waals surface area contributed by atoms with Crippen LogP contribution in [0, 0.1) is 0 Å². The Bertz CT molecular complexity index is 1610. The molecule has 0 unspecified atom stereocenters. The predicted octanol–water partition coefficient (Wildman–Crippen LogP) is 6.06. The van der Waals surface area contributed by atoms with Crippen LogP contribution in [0.25, 0.3) is 11.0 Å². The second-order valence-electron chi connectivity index (χ2n) is 11.2. The van der Waals surface area contributed by atoms with Crippen molar-refractivity contribution in [2.75, 3.05) is 44.6 Å². The first kappa shape index (κ1) is 28.9. The largest absolute Gasteiger partial charge is 0.455 e. The Hall–Kier alpha value is -4.16. The molecule has 9 nitrogen and oxygen atoms in total. The molecule has 5 heterocycles. The normalized spacial score (nSPS) is 18.1. The van der Waals surface area contributed by atoms with Gasteiger partial charge in [0, 0.05) is 69.8 Å². The minimum absolute atomic E-state index is 0.0675. The van der Waals surface area contributed by atoms with Gasteiger partial charge in [0.05, 0.1) is 22.8 Å². The van der Waals surface area contributed by atoms with Crippen LogP contribution in [0.15, 0.2) is 55.0 Å². The third-order valence-corrected chi connectivity index (χ3v) is 8.21. The molecule has 2 aliphatic rings.